The molecule has 3 heterocycles. The zero-order valence-corrected chi connectivity index (χ0v) is 28.1. The van der Waals surface area contributed by atoms with E-state index in [1.165, 1.54) is 15.9 Å². The lowest BCUT2D eigenvalue weighted by atomic mass is 9.93. The van der Waals surface area contributed by atoms with Crippen LogP contribution >= 0.6 is 34.5 Å². The number of furan rings is 1. The van der Waals surface area contributed by atoms with Crippen molar-refractivity contribution >= 4 is 52.3 Å². The molecule has 240 valence electrons. The van der Waals surface area contributed by atoms with Crippen LogP contribution in [0.3, 0.4) is 0 Å². The highest BCUT2D eigenvalue weighted by atomic mass is 35.5. The van der Waals surface area contributed by atoms with E-state index >= 15 is 0 Å². The van der Waals surface area contributed by atoms with Crippen molar-refractivity contribution in [2.75, 3.05) is 19.8 Å². The first-order chi connectivity index (χ1) is 22.8. The fourth-order valence-corrected chi connectivity index (χ4v) is 6.77. The van der Waals surface area contributed by atoms with Crippen molar-refractivity contribution in [3.8, 4) is 22.8 Å². The Balaban J connectivity index is 1.58. The van der Waals surface area contributed by atoms with Crippen molar-refractivity contribution in [1.29, 1.82) is 0 Å². The van der Waals surface area contributed by atoms with Crippen molar-refractivity contribution in [2.45, 2.75) is 26.8 Å². The Morgan fingerprint density at radius 2 is 1.70 bits per heavy atom. The molecule has 2 aromatic heterocycles. The molecular formula is C36H30Cl2N2O6S. The molecule has 0 amide bonds. The van der Waals surface area contributed by atoms with Gasteiger partial charge in [-0.15, -0.1) is 0 Å². The highest BCUT2D eigenvalue weighted by molar-refractivity contribution is 7.07. The summed E-state index contributed by atoms with van der Waals surface area (Å²) in [6, 6.07) is 22.7. The third-order valence-corrected chi connectivity index (χ3v) is 9.18. The molecule has 11 heteroatoms. The van der Waals surface area contributed by atoms with Gasteiger partial charge in [-0.3, -0.25) is 9.36 Å². The second-order valence-corrected chi connectivity index (χ2v) is 12.1. The van der Waals surface area contributed by atoms with Gasteiger partial charge in [-0.05, 0) is 62.7 Å². The lowest BCUT2D eigenvalue weighted by Crippen LogP contribution is -2.40. The summed E-state index contributed by atoms with van der Waals surface area (Å²) in [6.45, 7) is 6.49. The first-order valence-corrected chi connectivity index (χ1v) is 16.6. The van der Waals surface area contributed by atoms with Crippen molar-refractivity contribution in [3.05, 3.63) is 131 Å². The molecule has 0 radical (unpaired) electrons. The van der Waals surface area contributed by atoms with Crippen LogP contribution < -0.4 is 24.4 Å². The highest BCUT2D eigenvalue weighted by Gasteiger charge is 2.35. The van der Waals surface area contributed by atoms with Crippen LogP contribution in [0.1, 0.15) is 43.7 Å². The Bertz CT molecular complexity index is 2170. The predicted octanol–water partition coefficient (Wildman–Crippen LogP) is 7.30. The molecule has 3 aromatic carbocycles. The zero-order chi connectivity index (χ0) is 33.1. The third kappa shape index (κ3) is 6.39. The second kappa shape index (κ2) is 14.0. The average molecular weight is 690 g/mol. The van der Waals surface area contributed by atoms with Crippen LogP contribution in [-0.4, -0.2) is 30.4 Å². The van der Waals surface area contributed by atoms with Gasteiger partial charge in [0.2, 0.25) is 0 Å². The van der Waals surface area contributed by atoms with Crippen LogP contribution in [0.4, 0.5) is 0 Å². The Labute approximate surface area is 284 Å². The van der Waals surface area contributed by atoms with Crippen LogP contribution in [0.5, 0.6) is 11.5 Å². The van der Waals surface area contributed by atoms with Crippen molar-refractivity contribution in [3.63, 3.8) is 0 Å². The molecule has 8 nitrogen and oxygen atoms in total. The SMILES string of the molecule is CCOC(=O)C1=C(c2ccccc2)N=c2s/c(=C/c3ccc(-c4cccc(Cl)c4Cl)o3)c(=O)n2[C@@H]1c1ccc(OCC)c(OCC)c1. The minimum atomic E-state index is -0.880. The van der Waals surface area contributed by atoms with Crippen LogP contribution in [-0.2, 0) is 9.53 Å². The number of carbonyl (C=O) groups is 1. The molecule has 0 aliphatic carbocycles. The van der Waals surface area contributed by atoms with E-state index in [9.17, 15) is 9.59 Å². The van der Waals surface area contributed by atoms with Crippen LogP contribution in [0, 0.1) is 0 Å². The van der Waals surface area contributed by atoms with Gasteiger partial charge in [0, 0.05) is 17.2 Å². The quantitative estimate of drug-likeness (QED) is 0.143. The van der Waals surface area contributed by atoms with Crippen LogP contribution in [0.15, 0.2) is 98.6 Å². The normalized spacial score (nSPS) is 14.5. The van der Waals surface area contributed by atoms with Crippen molar-refractivity contribution in [2.24, 2.45) is 4.99 Å². The molecule has 0 saturated heterocycles. The fourth-order valence-electron chi connectivity index (χ4n) is 5.39. The molecule has 1 atom stereocenters. The van der Waals surface area contributed by atoms with Gasteiger partial charge in [-0.25, -0.2) is 9.79 Å². The topological polar surface area (TPSA) is 92.3 Å². The lowest BCUT2D eigenvalue weighted by molar-refractivity contribution is -0.138. The molecule has 47 heavy (non-hydrogen) atoms. The van der Waals surface area contributed by atoms with Gasteiger partial charge >= 0.3 is 5.97 Å². The van der Waals surface area contributed by atoms with Gasteiger partial charge in [-0.1, -0.05) is 77.0 Å². The minimum Gasteiger partial charge on any atom is -0.490 e. The van der Waals surface area contributed by atoms with E-state index in [1.54, 1.807) is 55.5 Å². The molecule has 0 saturated carbocycles. The number of aromatic nitrogens is 1. The molecule has 0 spiro atoms. The number of ether oxygens (including phenoxy) is 3. The smallest absolute Gasteiger partial charge is 0.338 e. The number of carbonyl (C=O) groups excluding carboxylic acids is 1. The van der Waals surface area contributed by atoms with E-state index in [0.29, 0.717) is 78.0 Å². The summed E-state index contributed by atoms with van der Waals surface area (Å²) >= 11 is 13.8. The molecule has 1 aliphatic rings. The van der Waals surface area contributed by atoms with Crippen molar-refractivity contribution < 1.29 is 23.4 Å². The van der Waals surface area contributed by atoms with E-state index in [1.807, 2.05) is 50.2 Å². The van der Waals surface area contributed by atoms with Crippen LogP contribution in [0.25, 0.3) is 23.1 Å². The number of rotatable bonds is 10. The minimum absolute atomic E-state index is 0.145. The number of esters is 1. The maximum Gasteiger partial charge on any atom is 0.338 e. The van der Waals surface area contributed by atoms with E-state index in [2.05, 4.69) is 0 Å². The Morgan fingerprint density at radius 1 is 0.936 bits per heavy atom. The van der Waals surface area contributed by atoms with Gasteiger partial charge in [0.25, 0.3) is 5.56 Å². The number of fused-ring (bicyclic) bond motifs is 1. The Kier molecular flexibility index (Phi) is 9.68. The maximum atomic E-state index is 14.3. The van der Waals surface area contributed by atoms with Crippen molar-refractivity contribution in [1.82, 2.24) is 4.57 Å². The fraction of sp³-hybridized carbons (Fsp3) is 0.194. The molecule has 5 aromatic rings. The Morgan fingerprint density at radius 3 is 2.45 bits per heavy atom. The number of benzene rings is 3. The van der Waals surface area contributed by atoms with Crippen LogP contribution in [0.2, 0.25) is 10.0 Å². The summed E-state index contributed by atoms with van der Waals surface area (Å²) in [6.07, 6.45) is 1.66. The predicted molar refractivity (Wildman–Crippen MR) is 184 cm³/mol. The number of thiazole rings is 1. The number of nitrogens with zero attached hydrogens (tertiary/aromatic N) is 2. The largest absolute Gasteiger partial charge is 0.490 e. The molecule has 0 unspecified atom stereocenters. The van der Waals surface area contributed by atoms with Gasteiger partial charge in [0.15, 0.2) is 16.3 Å². The molecule has 0 fully saturated rings. The monoisotopic (exact) mass is 688 g/mol. The highest BCUT2D eigenvalue weighted by Crippen LogP contribution is 2.39. The third-order valence-electron chi connectivity index (χ3n) is 7.37. The molecule has 6 rings (SSSR count). The van der Waals surface area contributed by atoms with Gasteiger partial charge in [0.1, 0.15) is 11.5 Å². The summed E-state index contributed by atoms with van der Waals surface area (Å²) in [5, 5.41) is 0.778. The summed E-state index contributed by atoms with van der Waals surface area (Å²) in [5.74, 6) is 1.42. The number of hydrogen-bond acceptors (Lipinski definition) is 8. The second-order valence-electron chi connectivity index (χ2n) is 10.3. The number of hydrogen-bond donors (Lipinski definition) is 0. The summed E-state index contributed by atoms with van der Waals surface area (Å²) < 4.78 is 25.3. The average Bonchev–Trinajstić information content (AvgIpc) is 3.67. The van der Waals surface area contributed by atoms with E-state index in [0.717, 1.165) is 0 Å². The maximum absolute atomic E-state index is 14.3. The van der Waals surface area contributed by atoms with Gasteiger partial charge in [-0.2, -0.15) is 0 Å². The molecule has 0 bridgehead atoms. The first-order valence-electron chi connectivity index (χ1n) is 15.1. The number of halogens is 2. The summed E-state index contributed by atoms with van der Waals surface area (Å²) in [7, 11) is 0. The van der Waals surface area contributed by atoms with E-state index in [4.69, 9.17) is 46.8 Å². The lowest BCUT2D eigenvalue weighted by Gasteiger charge is -2.26. The molecular weight excluding hydrogens is 659 g/mol. The van der Waals surface area contributed by atoms with Gasteiger partial charge in [0.05, 0.1) is 51.7 Å². The summed E-state index contributed by atoms with van der Waals surface area (Å²) in [4.78, 5) is 33.4. The van der Waals surface area contributed by atoms with E-state index < -0.39 is 12.0 Å². The van der Waals surface area contributed by atoms with E-state index in [-0.39, 0.29) is 17.7 Å². The molecule has 0 N–H and O–H groups in total. The Hall–Kier alpha value is -4.57. The molecule has 1 aliphatic heterocycles. The standard InChI is InChI=1S/C36H30Cl2N2O6S/c1-4-43-27-17-15-22(19-28(27)44-5-2)33-30(35(42)45-6-3)32(21-11-8-7-9-12-21)39-36-40(33)34(41)29(47-36)20-23-16-18-26(46-23)24-13-10-14-25(37)31(24)38/h7-20,33H,4-6H2,1-3H3/b29-20+/t33-/m1/s1. The van der Waals surface area contributed by atoms with Gasteiger partial charge < -0.3 is 18.6 Å². The summed E-state index contributed by atoms with van der Waals surface area (Å²) in [5.41, 5.74) is 2.28. The zero-order valence-electron chi connectivity index (χ0n) is 25.8. The first kappa shape index (κ1) is 32.4.